The largest absolute Gasteiger partial charge is 0.465 e. The van der Waals surface area contributed by atoms with E-state index >= 15 is 0 Å². The van der Waals surface area contributed by atoms with Gasteiger partial charge in [-0.05, 0) is 43.3 Å². The van der Waals surface area contributed by atoms with Crippen molar-refractivity contribution in [3.05, 3.63) is 83.4 Å². The van der Waals surface area contributed by atoms with Crippen LogP contribution in [0.4, 0.5) is 4.39 Å². The number of hydrogen-bond acceptors (Lipinski definition) is 7. The molecule has 2 heterocycles. The molecule has 2 atom stereocenters. The molecule has 9 heteroatoms. The van der Waals surface area contributed by atoms with Gasteiger partial charge >= 0.3 is 0 Å². The number of hydrogen-bond donors (Lipinski definition) is 3. The number of rotatable bonds is 6. The van der Waals surface area contributed by atoms with E-state index < -0.39 is 12.3 Å². The maximum Gasteiger partial charge on any atom is 0.192 e. The van der Waals surface area contributed by atoms with Gasteiger partial charge in [0, 0.05) is 36.0 Å². The zero-order valence-electron chi connectivity index (χ0n) is 17.2. The van der Waals surface area contributed by atoms with Crippen LogP contribution in [0.2, 0.25) is 0 Å². The van der Waals surface area contributed by atoms with E-state index in [9.17, 15) is 14.8 Å². The van der Waals surface area contributed by atoms with Crippen LogP contribution in [0, 0.1) is 17.1 Å². The van der Waals surface area contributed by atoms with Crippen molar-refractivity contribution in [1.29, 1.82) is 5.26 Å². The number of aliphatic hydroxyl groups excluding tert-OH is 1. The van der Waals surface area contributed by atoms with Crippen molar-refractivity contribution in [2.75, 3.05) is 6.54 Å². The van der Waals surface area contributed by atoms with E-state index in [2.05, 4.69) is 21.5 Å². The Morgan fingerprint density at radius 3 is 2.81 bits per heavy atom. The third-order valence-corrected chi connectivity index (χ3v) is 4.89. The standard InChI is InChI=1S/C23H21FN6O2/c1-14-28-19(16-3-5-18(24)6-4-16)9-23(29-14)32-22-8-15(10-25)2-7-20(22)30-13-17(12-27-30)21(31)11-26/h2-9,12-13,21,23,31H,11,26H2,1H3,(H,28,29). The summed E-state index contributed by atoms with van der Waals surface area (Å²) in [5.74, 6) is 0.707. The van der Waals surface area contributed by atoms with Gasteiger partial charge in [-0.1, -0.05) is 0 Å². The van der Waals surface area contributed by atoms with Gasteiger partial charge in [0.05, 0.1) is 29.6 Å². The molecule has 0 radical (unpaired) electrons. The summed E-state index contributed by atoms with van der Waals surface area (Å²) in [6.45, 7) is 1.87. The van der Waals surface area contributed by atoms with Gasteiger partial charge in [-0.15, -0.1) is 0 Å². The van der Waals surface area contributed by atoms with E-state index in [1.165, 1.54) is 18.3 Å². The van der Waals surface area contributed by atoms with Gasteiger partial charge in [-0.3, -0.25) is 0 Å². The number of aliphatic imine (C=N–C) groups is 1. The SMILES string of the molecule is CC1=NC(c2ccc(F)cc2)=CC(Oc2cc(C#N)ccc2-n2cc(C(O)CN)cn2)N1. The van der Waals surface area contributed by atoms with Crippen molar-refractivity contribution in [3.8, 4) is 17.5 Å². The Hall–Kier alpha value is -4.00. The summed E-state index contributed by atoms with van der Waals surface area (Å²) in [6.07, 6.45) is 3.54. The molecular formula is C23H21FN6O2. The van der Waals surface area contributed by atoms with Gasteiger partial charge in [0.1, 0.15) is 23.1 Å². The summed E-state index contributed by atoms with van der Waals surface area (Å²) in [5, 5.41) is 26.7. The highest BCUT2D eigenvalue weighted by atomic mass is 19.1. The molecule has 0 bridgehead atoms. The number of aliphatic hydroxyl groups is 1. The van der Waals surface area contributed by atoms with Crippen LogP contribution in [-0.2, 0) is 0 Å². The van der Waals surface area contributed by atoms with Crippen LogP contribution in [0.15, 0.2) is 65.9 Å². The molecule has 1 aliphatic heterocycles. The molecule has 3 aromatic rings. The second-order valence-electron chi connectivity index (χ2n) is 7.20. The number of benzene rings is 2. The molecule has 1 aromatic heterocycles. The first-order valence-electron chi connectivity index (χ1n) is 9.90. The maximum atomic E-state index is 13.3. The quantitative estimate of drug-likeness (QED) is 0.551. The monoisotopic (exact) mass is 432 g/mol. The summed E-state index contributed by atoms with van der Waals surface area (Å²) in [5.41, 5.74) is 8.49. The molecule has 4 N–H and O–H groups in total. The number of aromatic nitrogens is 2. The Balaban J connectivity index is 1.67. The minimum absolute atomic E-state index is 0.0734. The minimum Gasteiger partial charge on any atom is -0.465 e. The zero-order valence-corrected chi connectivity index (χ0v) is 17.2. The maximum absolute atomic E-state index is 13.3. The fraction of sp³-hybridized carbons (Fsp3) is 0.174. The predicted octanol–water partition coefficient (Wildman–Crippen LogP) is 2.64. The minimum atomic E-state index is -0.827. The van der Waals surface area contributed by atoms with Crippen molar-refractivity contribution in [1.82, 2.24) is 15.1 Å². The molecule has 32 heavy (non-hydrogen) atoms. The Kier molecular flexibility index (Phi) is 5.98. The number of nitrogens with zero attached hydrogens (tertiary/aromatic N) is 4. The van der Waals surface area contributed by atoms with Crippen molar-refractivity contribution in [2.45, 2.75) is 19.3 Å². The lowest BCUT2D eigenvalue weighted by Gasteiger charge is -2.24. The van der Waals surface area contributed by atoms with E-state index in [4.69, 9.17) is 10.5 Å². The van der Waals surface area contributed by atoms with Crippen molar-refractivity contribution < 1.29 is 14.2 Å². The molecule has 0 amide bonds. The Morgan fingerprint density at radius 2 is 2.09 bits per heavy atom. The summed E-state index contributed by atoms with van der Waals surface area (Å²) >= 11 is 0. The van der Waals surface area contributed by atoms with Gasteiger partial charge in [-0.25, -0.2) is 14.1 Å². The highest BCUT2D eigenvalue weighted by Crippen LogP contribution is 2.28. The molecule has 2 unspecified atom stereocenters. The first kappa shape index (κ1) is 21.2. The second kappa shape index (κ2) is 9.01. The molecule has 162 valence electrons. The lowest BCUT2D eigenvalue weighted by Crippen LogP contribution is -2.38. The summed E-state index contributed by atoms with van der Waals surface area (Å²) in [7, 11) is 0. The fourth-order valence-electron chi connectivity index (χ4n) is 3.27. The third-order valence-electron chi connectivity index (χ3n) is 4.89. The molecule has 0 fully saturated rings. The molecule has 8 nitrogen and oxygen atoms in total. The van der Waals surface area contributed by atoms with Crippen LogP contribution in [0.3, 0.4) is 0 Å². The van der Waals surface area contributed by atoms with Crippen LogP contribution >= 0.6 is 0 Å². The summed E-state index contributed by atoms with van der Waals surface area (Å²) in [4.78, 5) is 4.48. The smallest absolute Gasteiger partial charge is 0.192 e. The van der Waals surface area contributed by atoms with Gasteiger partial charge in [0.25, 0.3) is 0 Å². The highest BCUT2D eigenvalue weighted by molar-refractivity contribution is 5.88. The van der Waals surface area contributed by atoms with Gasteiger partial charge < -0.3 is 20.9 Å². The lowest BCUT2D eigenvalue weighted by molar-refractivity contribution is 0.186. The number of nitriles is 1. The second-order valence-corrected chi connectivity index (χ2v) is 7.20. The van der Waals surface area contributed by atoms with E-state index in [-0.39, 0.29) is 12.4 Å². The lowest BCUT2D eigenvalue weighted by atomic mass is 10.1. The molecule has 0 spiro atoms. The van der Waals surface area contributed by atoms with E-state index in [0.717, 1.165) is 5.56 Å². The summed E-state index contributed by atoms with van der Waals surface area (Å²) in [6, 6.07) is 13.1. The third kappa shape index (κ3) is 4.51. The van der Waals surface area contributed by atoms with Crippen LogP contribution < -0.4 is 15.8 Å². The normalized spacial score (nSPS) is 16.4. The fourth-order valence-corrected chi connectivity index (χ4v) is 3.27. The van der Waals surface area contributed by atoms with Gasteiger partial charge in [0.15, 0.2) is 6.23 Å². The predicted molar refractivity (Wildman–Crippen MR) is 117 cm³/mol. The van der Waals surface area contributed by atoms with Crippen LogP contribution in [0.5, 0.6) is 5.75 Å². The number of ether oxygens (including phenoxy) is 1. The van der Waals surface area contributed by atoms with Gasteiger partial charge in [0.2, 0.25) is 0 Å². The van der Waals surface area contributed by atoms with Crippen molar-refractivity contribution >= 4 is 11.5 Å². The number of nitrogens with two attached hydrogens (primary N) is 1. The Labute approximate surface area is 184 Å². The van der Waals surface area contributed by atoms with Crippen LogP contribution in [0.1, 0.15) is 29.7 Å². The van der Waals surface area contributed by atoms with Crippen LogP contribution in [-0.4, -0.2) is 33.5 Å². The highest BCUT2D eigenvalue weighted by Gasteiger charge is 2.19. The molecule has 0 aliphatic carbocycles. The number of amidine groups is 1. The number of halogens is 1. The van der Waals surface area contributed by atoms with E-state index in [0.29, 0.717) is 34.1 Å². The first-order chi connectivity index (χ1) is 15.5. The Bertz CT molecular complexity index is 1230. The van der Waals surface area contributed by atoms with Gasteiger partial charge in [-0.2, -0.15) is 10.4 Å². The molecular weight excluding hydrogens is 411 g/mol. The van der Waals surface area contributed by atoms with Crippen molar-refractivity contribution in [3.63, 3.8) is 0 Å². The molecule has 0 saturated carbocycles. The molecule has 4 rings (SSSR count). The Morgan fingerprint density at radius 1 is 1.31 bits per heavy atom. The average Bonchev–Trinajstić information content (AvgIpc) is 3.28. The van der Waals surface area contributed by atoms with E-state index in [1.807, 2.05) is 0 Å². The van der Waals surface area contributed by atoms with E-state index in [1.54, 1.807) is 54.2 Å². The molecule has 2 aromatic carbocycles. The topological polar surface area (TPSA) is 121 Å². The number of nitrogens with one attached hydrogen (secondary N) is 1. The van der Waals surface area contributed by atoms with Crippen LogP contribution in [0.25, 0.3) is 11.4 Å². The van der Waals surface area contributed by atoms with Crippen molar-refractivity contribution in [2.24, 2.45) is 10.7 Å². The summed E-state index contributed by atoms with van der Waals surface area (Å²) < 4.78 is 21.0. The zero-order chi connectivity index (χ0) is 22.7. The average molecular weight is 432 g/mol. The first-order valence-corrected chi connectivity index (χ1v) is 9.90. The molecule has 0 saturated heterocycles. The molecule has 1 aliphatic rings.